The predicted molar refractivity (Wildman–Crippen MR) is 71.7 cm³/mol. The van der Waals surface area contributed by atoms with Crippen molar-refractivity contribution in [2.45, 2.75) is 37.8 Å². The minimum Gasteiger partial charge on any atom is -0.481 e. The number of aliphatic carboxylic acids is 1. The van der Waals surface area contributed by atoms with Crippen LogP contribution < -0.4 is 5.73 Å². The Morgan fingerprint density at radius 1 is 1.30 bits per heavy atom. The van der Waals surface area contributed by atoms with Crippen LogP contribution in [0.2, 0.25) is 0 Å². The van der Waals surface area contributed by atoms with Gasteiger partial charge in [0, 0.05) is 18.5 Å². The van der Waals surface area contributed by atoms with E-state index in [9.17, 15) is 18.0 Å². The molecule has 1 amide bonds. The van der Waals surface area contributed by atoms with E-state index < -0.39 is 21.8 Å². The molecule has 3 N–H and O–H groups in total. The summed E-state index contributed by atoms with van der Waals surface area (Å²) in [7, 11) is -3.26. The molecule has 0 spiro atoms. The topological polar surface area (TPSA) is 118 Å². The number of amides is 1. The average Bonchev–Trinajstić information content (AvgIpc) is 2.73. The molecule has 8 heteroatoms. The molecule has 2 rings (SSSR count). The third kappa shape index (κ3) is 3.49. The first kappa shape index (κ1) is 15.2. The summed E-state index contributed by atoms with van der Waals surface area (Å²) in [5.74, 6) is -1.77. The van der Waals surface area contributed by atoms with Gasteiger partial charge in [-0.05, 0) is 19.3 Å². The second-order valence-electron chi connectivity index (χ2n) is 5.67. The van der Waals surface area contributed by atoms with Crippen LogP contribution in [0.4, 0.5) is 0 Å². The molecular formula is C12H20N2O5S. The summed E-state index contributed by atoms with van der Waals surface area (Å²) in [6, 6.07) is -0.744. The maximum atomic E-state index is 12.4. The average molecular weight is 304 g/mol. The fourth-order valence-electron chi connectivity index (χ4n) is 3.02. The lowest BCUT2D eigenvalue weighted by Crippen LogP contribution is -2.53. The maximum Gasteiger partial charge on any atom is 0.305 e. The Morgan fingerprint density at radius 3 is 2.55 bits per heavy atom. The maximum absolute atomic E-state index is 12.4. The van der Waals surface area contributed by atoms with Crippen LogP contribution in [-0.2, 0) is 19.4 Å². The second kappa shape index (κ2) is 5.69. The number of hydrogen-bond acceptors (Lipinski definition) is 5. The highest BCUT2D eigenvalue weighted by Crippen LogP contribution is 2.28. The molecule has 2 aliphatic rings. The molecule has 0 aromatic carbocycles. The summed E-state index contributed by atoms with van der Waals surface area (Å²) < 4.78 is 23.3. The molecule has 0 aromatic heterocycles. The number of hydrogen-bond donors (Lipinski definition) is 2. The first-order valence-electron chi connectivity index (χ1n) is 6.77. The quantitative estimate of drug-likeness (QED) is 0.706. The van der Waals surface area contributed by atoms with Crippen molar-refractivity contribution in [1.29, 1.82) is 0 Å². The number of rotatable bonds is 3. The van der Waals surface area contributed by atoms with Crippen molar-refractivity contribution >= 4 is 21.7 Å². The largest absolute Gasteiger partial charge is 0.481 e. The zero-order valence-corrected chi connectivity index (χ0v) is 12.0. The van der Waals surface area contributed by atoms with E-state index in [0.717, 1.165) is 6.42 Å². The number of carboxylic acid groups (broad SMARTS) is 1. The molecule has 1 heterocycles. The van der Waals surface area contributed by atoms with Gasteiger partial charge in [-0.1, -0.05) is 0 Å². The van der Waals surface area contributed by atoms with E-state index in [1.807, 2.05) is 0 Å². The minimum atomic E-state index is -3.26. The van der Waals surface area contributed by atoms with Crippen molar-refractivity contribution < 1.29 is 23.1 Å². The molecule has 3 atom stereocenters. The number of carbonyl (C=O) groups is 2. The molecule has 0 bridgehead atoms. The van der Waals surface area contributed by atoms with E-state index in [0.29, 0.717) is 12.8 Å². The molecule has 1 saturated carbocycles. The van der Waals surface area contributed by atoms with Gasteiger partial charge in [0.15, 0.2) is 9.84 Å². The third-order valence-electron chi connectivity index (χ3n) is 4.05. The van der Waals surface area contributed by atoms with Crippen LogP contribution >= 0.6 is 0 Å². The van der Waals surface area contributed by atoms with Gasteiger partial charge in [0.2, 0.25) is 5.91 Å². The summed E-state index contributed by atoms with van der Waals surface area (Å²) in [4.78, 5) is 24.7. The lowest BCUT2D eigenvalue weighted by Gasteiger charge is -2.36. The number of carboxylic acids is 1. The molecule has 0 aromatic rings. The highest BCUT2D eigenvalue weighted by atomic mass is 32.2. The Balaban J connectivity index is 2.11. The first-order chi connectivity index (χ1) is 9.28. The van der Waals surface area contributed by atoms with Gasteiger partial charge >= 0.3 is 5.97 Å². The number of sulfone groups is 1. The summed E-state index contributed by atoms with van der Waals surface area (Å²) >= 11 is 0. The van der Waals surface area contributed by atoms with Crippen LogP contribution in [0.15, 0.2) is 0 Å². The highest BCUT2D eigenvalue weighted by Gasteiger charge is 2.39. The Morgan fingerprint density at radius 2 is 2.00 bits per heavy atom. The summed E-state index contributed by atoms with van der Waals surface area (Å²) in [6.45, 7) is 0.0881. The van der Waals surface area contributed by atoms with Gasteiger partial charge in [-0.2, -0.15) is 0 Å². The molecule has 1 aliphatic heterocycles. The van der Waals surface area contributed by atoms with E-state index in [1.54, 1.807) is 0 Å². The van der Waals surface area contributed by atoms with E-state index in [2.05, 4.69) is 0 Å². The molecule has 2 fully saturated rings. The Bertz CT molecular complexity index is 504. The fourth-order valence-corrected chi connectivity index (χ4v) is 4.55. The molecule has 1 saturated heterocycles. The number of nitrogens with two attached hydrogens (primary N) is 1. The smallest absolute Gasteiger partial charge is 0.305 e. The van der Waals surface area contributed by atoms with Crippen molar-refractivity contribution in [3.8, 4) is 0 Å². The zero-order chi connectivity index (χ0) is 14.9. The molecule has 0 radical (unpaired) electrons. The lowest BCUT2D eigenvalue weighted by atomic mass is 10.0. The third-order valence-corrected chi connectivity index (χ3v) is 5.74. The van der Waals surface area contributed by atoms with Crippen molar-refractivity contribution in [2.75, 3.05) is 18.1 Å². The van der Waals surface area contributed by atoms with Crippen molar-refractivity contribution in [3.05, 3.63) is 0 Å². The van der Waals surface area contributed by atoms with Gasteiger partial charge in [-0.15, -0.1) is 0 Å². The molecular weight excluding hydrogens is 284 g/mol. The van der Waals surface area contributed by atoms with E-state index >= 15 is 0 Å². The Labute approximate surface area is 118 Å². The molecule has 3 unspecified atom stereocenters. The van der Waals surface area contributed by atoms with Crippen molar-refractivity contribution in [3.63, 3.8) is 0 Å². The summed E-state index contributed by atoms with van der Waals surface area (Å²) in [6.07, 6.45) is 1.75. The molecule has 1 aliphatic carbocycles. The molecule has 7 nitrogen and oxygen atoms in total. The van der Waals surface area contributed by atoms with E-state index in [-0.39, 0.29) is 42.3 Å². The van der Waals surface area contributed by atoms with Gasteiger partial charge < -0.3 is 15.7 Å². The SMILES string of the molecule is NC1CCC(C(=O)N2CCS(=O)(=O)CC2CC(=O)O)C1. The highest BCUT2D eigenvalue weighted by molar-refractivity contribution is 7.91. The van der Waals surface area contributed by atoms with Gasteiger partial charge in [0.05, 0.1) is 24.0 Å². The normalized spacial score (nSPS) is 33.0. The van der Waals surface area contributed by atoms with Crippen LogP contribution in [0.3, 0.4) is 0 Å². The summed E-state index contributed by atoms with van der Waals surface area (Å²) in [5.41, 5.74) is 5.79. The monoisotopic (exact) mass is 304 g/mol. The van der Waals surface area contributed by atoms with Gasteiger partial charge in [-0.3, -0.25) is 9.59 Å². The Kier molecular flexibility index (Phi) is 4.33. The van der Waals surface area contributed by atoms with Crippen LogP contribution in [0.25, 0.3) is 0 Å². The molecule has 114 valence electrons. The fraction of sp³-hybridized carbons (Fsp3) is 0.833. The van der Waals surface area contributed by atoms with Gasteiger partial charge in [-0.25, -0.2) is 8.42 Å². The number of nitrogens with zero attached hydrogens (tertiary/aromatic N) is 1. The standard InChI is InChI=1S/C12H20N2O5S/c13-9-2-1-8(5-9)12(17)14-3-4-20(18,19)7-10(14)6-11(15)16/h8-10H,1-7,13H2,(H,15,16). The number of carbonyl (C=O) groups excluding carboxylic acids is 1. The minimum absolute atomic E-state index is 0.00963. The lowest BCUT2D eigenvalue weighted by molar-refractivity contribution is -0.142. The Hall–Kier alpha value is -1.15. The first-order valence-corrected chi connectivity index (χ1v) is 8.59. The van der Waals surface area contributed by atoms with E-state index in [1.165, 1.54) is 4.90 Å². The van der Waals surface area contributed by atoms with Crippen LogP contribution in [0, 0.1) is 5.92 Å². The zero-order valence-electron chi connectivity index (χ0n) is 11.2. The van der Waals surface area contributed by atoms with E-state index in [4.69, 9.17) is 10.8 Å². The van der Waals surface area contributed by atoms with Crippen LogP contribution in [-0.4, -0.2) is 60.4 Å². The summed E-state index contributed by atoms with van der Waals surface area (Å²) in [5, 5.41) is 8.89. The van der Waals surface area contributed by atoms with Crippen LogP contribution in [0.1, 0.15) is 25.7 Å². The van der Waals surface area contributed by atoms with Gasteiger partial charge in [0.25, 0.3) is 0 Å². The predicted octanol–water partition coefficient (Wildman–Crippen LogP) is -0.786. The second-order valence-corrected chi connectivity index (χ2v) is 7.90. The van der Waals surface area contributed by atoms with Crippen molar-refractivity contribution in [2.24, 2.45) is 11.7 Å². The van der Waals surface area contributed by atoms with Gasteiger partial charge in [0.1, 0.15) is 0 Å². The van der Waals surface area contributed by atoms with Crippen molar-refractivity contribution in [1.82, 2.24) is 4.90 Å². The van der Waals surface area contributed by atoms with Crippen LogP contribution in [0.5, 0.6) is 0 Å². The molecule has 20 heavy (non-hydrogen) atoms.